The summed E-state index contributed by atoms with van der Waals surface area (Å²) in [7, 11) is 0. The molecule has 0 amide bonds. The maximum atomic E-state index is 11.2. The lowest BCUT2D eigenvalue weighted by Crippen LogP contribution is -2.14. The second kappa shape index (κ2) is 4.96. The Morgan fingerprint density at radius 3 is 2.17 bits per heavy atom. The molecule has 70 valence electrons. The minimum absolute atomic E-state index is 0.0542. The van der Waals surface area contributed by atoms with E-state index in [9.17, 15) is 4.79 Å². The van der Waals surface area contributed by atoms with Crippen molar-refractivity contribution in [1.29, 1.82) is 0 Å². The Hall–Kier alpha value is -0.790. The van der Waals surface area contributed by atoms with E-state index in [0.717, 1.165) is 0 Å². The Labute approximate surface area is 74.6 Å². The molecule has 0 rings (SSSR count). The zero-order chi connectivity index (χ0) is 9.72. The molecule has 0 saturated carbocycles. The van der Waals surface area contributed by atoms with Gasteiger partial charge in [-0.15, -0.1) is 0 Å². The smallest absolute Gasteiger partial charge is 0.333 e. The highest BCUT2D eigenvalue weighted by atomic mass is 16.5. The Bertz CT molecular complexity index is 149. The van der Waals surface area contributed by atoms with Crippen LogP contribution in [-0.2, 0) is 9.53 Å². The van der Waals surface area contributed by atoms with Gasteiger partial charge in [-0.05, 0) is 26.2 Å². The highest BCUT2D eigenvalue weighted by Gasteiger charge is 2.11. The molecule has 12 heavy (non-hydrogen) atoms. The van der Waals surface area contributed by atoms with Gasteiger partial charge >= 0.3 is 5.97 Å². The van der Waals surface area contributed by atoms with E-state index in [4.69, 9.17) is 4.74 Å². The van der Waals surface area contributed by atoms with Crippen molar-refractivity contribution in [2.24, 2.45) is 5.92 Å². The zero-order valence-electron chi connectivity index (χ0n) is 8.39. The molecule has 0 aromatic rings. The van der Waals surface area contributed by atoms with Crippen LogP contribution in [0.2, 0.25) is 0 Å². The number of esters is 1. The van der Waals surface area contributed by atoms with Gasteiger partial charge in [-0.25, -0.2) is 4.79 Å². The lowest BCUT2D eigenvalue weighted by molar-refractivity contribution is -0.142. The second-order valence-corrected chi connectivity index (χ2v) is 3.66. The summed E-state index contributed by atoms with van der Waals surface area (Å²) in [6, 6.07) is 0. The monoisotopic (exact) mass is 170 g/mol. The summed E-state index contributed by atoms with van der Waals surface area (Å²) in [5, 5.41) is 0. The molecule has 0 bridgehead atoms. The summed E-state index contributed by atoms with van der Waals surface area (Å²) in [5.41, 5.74) is 0.568. The molecule has 0 N–H and O–H groups in total. The van der Waals surface area contributed by atoms with Gasteiger partial charge in [0.15, 0.2) is 0 Å². The molecule has 0 radical (unpaired) electrons. The molecule has 0 aliphatic carbocycles. The van der Waals surface area contributed by atoms with Crippen LogP contribution in [0.25, 0.3) is 0 Å². The van der Waals surface area contributed by atoms with Crippen LogP contribution in [0, 0.1) is 5.92 Å². The number of hydrogen-bond acceptors (Lipinski definition) is 2. The average molecular weight is 170 g/mol. The van der Waals surface area contributed by atoms with Crippen molar-refractivity contribution in [3.8, 4) is 0 Å². The van der Waals surface area contributed by atoms with Crippen molar-refractivity contribution in [3.63, 3.8) is 0 Å². The highest BCUT2D eigenvalue weighted by molar-refractivity contribution is 5.87. The van der Waals surface area contributed by atoms with Gasteiger partial charge in [0, 0.05) is 5.57 Å². The van der Waals surface area contributed by atoms with Gasteiger partial charge in [0.1, 0.15) is 0 Å². The first-order valence-corrected chi connectivity index (χ1v) is 4.32. The molecule has 0 saturated heterocycles. The van der Waals surface area contributed by atoms with E-state index in [1.807, 2.05) is 27.7 Å². The molecule has 2 nitrogen and oxygen atoms in total. The van der Waals surface area contributed by atoms with Crippen molar-refractivity contribution in [1.82, 2.24) is 0 Å². The Morgan fingerprint density at radius 2 is 1.83 bits per heavy atom. The van der Waals surface area contributed by atoms with Gasteiger partial charge < -0.3 is 4.74 Å². The van der Waals surface area contributed by atoms with Gasteiger partial charge in [-0.2, -0.15) is 0 Å². The van der Waals surface area contributed by atoms with Crippen LogP contribution >= 0.6 is 0 Å². The second-order valence-electron chi connectivity index (χ2n) is 3.66. The Balaban J connectivity index is 3.86. The third kappa shape index (κ3) is 4.94. The highest BCUT2D eigenvalue weighted by Crippen LogP contribution is 2.10. The first kappa shape index (κ1) is 11.2. The lowest BCUT2D eigenvalue weighted by Gasteiger charge is -2.10. The van der Waals surface area contributed by atoms with Gasteiger partial charge in [0.2, 0.25) is 0 Å². The van der Waals surface area contributed by atoms with E-state index in [1.54, 1.807) is 0 Å². The van der Waals surface area contributed by atoms with Crippen molar-refractivity contribution in [2.45, 2.75) is 40.2 Å². The van der Waals surface area contributed by atoms with Crippen molar-refractivity contribution in [3.05, 3.63) is 12.2 Å². The van der Waals surface area contributed by atoms with Crippen LogP contribution in [0.15, 0.2) is 12.2 Å². The van der Waals surface area contributed by atoms with Crippen LogP contribution in [0.4, 0.5) is 0 Å². The molecule has 0 aliphatic rings. The third-order valence-corrected chi connectivity index (χ3v) is 1.29. The first-order chi connectivity index (χ1) is 5.43. The summed E-state index contributed by atoms with van der Waals surface area (Å²) in [6.45, 7) is 11.4. The van der Waals surface area contributed by atoms with Crippen molar-refractivity contribution < 1.29 is 9.53 Å². The van der Waals surface area contributed by atoms with E-state index in [1.165, 1.54) is 0 Å². The number of hydrogen-bond donors (Lipinski definition) is 0. The third-order valence-electron chi connectivity index (χ3n) is 1.29. The van der Waals surface area contributed by atoms with Crippen molar-refractivity contribution in [2.75, 3.05) is 0 Å². The molecule has 0 unspecified atom stereocenters. The molecular weight excluding hydrogens is 152 g/mol. The quantitative estimate of drug-likeness (QED) is 0.478. The standard InChI is InChI=1S/C10H18O2/c1-7(2)6-9(5)10(11)12-8(3)4/h7-8H,5-6H2,1-4H3. The van der Waals surface area contributed by atoms with Crippen LogP contribution in [0.3, 0.4) is 0 Å². The molecule has 0 aromatic heterocycles. The number of carbonyl (C=O) groups is 1. The fourth-order valence-electron chi connectivity index (χ4n) is 0.874. The fraction of sp³-hybridized carbons (Fsp3) is 0.700. The minimum Gasteiger partial charge on any atom is -0.460 e. The molecule has 0 aromatic carbocycles. The number of ether oxygens (including phenoxy) is 1. The average Bonchev–Trinajstić information content (AvgIpc) is 1.84. The van der Waals surface area contributed by atoms with Crippen LogP contribution in [0.5, 0.6) is 0 Å². The molecule has 0 spiro atoms. The zero-order valence-corrected chi connectivity index (χ0v) is 8.39. The molecule has 0 heterocycles. The van der Waals surface area contributed by atoms with E-state index in [2.05, 4.69) is 6.58 Å². The number of carbonyl (C=O) groups excluding carboxylic acids is 1. The normalized spacial score (nSPS) is 10.5. The van der Waals surface area contributed by atoms with Crippen molar-refractivity contribution >= 4 is 5.97 Å². The largest absolute Gasteiger partial charge is 0.460 e. The minimum atomic E-state index is -0.265. The predicted molar refractivity (Wildman–Crippen MR) is 49.8 cm³/mol. The molecular formula is C10H18O2. The lowest BCUT2D eigenvalue weighted by atomic mass is 10.1. The van der Waals surface area contributed by atoms with E-state index < -0.39 is 0 Å². The summed E-state index contributed by atoms with van der Waals surface area (Å²) < 4.78 is 4.97. The Kier molecular flexibility index (Phi) is 4.64. The van der Waals surface area contributed by atoms with Crippen LogP contribution < -0.4 is 0 Å². The molecule has 2 heteroatoms. The maximum absolute atomic E-state index is 11.2. The SMILES string of the molecule is C=C(CC(C)C)C(=O)OC(C)C. The Morgan fingerprint density at radius 1 is 1.33 bits per heavy atom. The summed E-state index contributed by atoms with van der Waals surface area (Å²) in [5.74, 6) is 0.191. The molecule has 0 atom stereocenters. The van der Waals surface area contributed by atoms with Crippen LogP contribution in [-0.4, -0.2) is 12.1 Å². The van der Waals surface area contributed by atoms with E-state index in [-0.39, 0.29) is 12.1 Å². The van der Waals surface area contributed by atoms with Gasteiger partial charge in [0.25, 0.3) is 0 Å². The van der Waals surface area contributed by atoms with E-state index >= 15 is 0 Å². The topological polar surface area (TPSA) is 26.3 Å². The number of rotatable bonds is 4. The van der Waals surface area contributed by atoms with Gasteiger partial charge in [-0.1, -0.05) is 20.4 Å². The van der Waals surface area contributed by atoms with Gasteiger partial charge in [-0.3, -0.25) is 0 Å². The summed E-state index contributed by atoms with van der Waals surface area (Å²) in [4.78, 5) is 11.2. The molecule has 0 fully saturated rings. The van der Waals surface area contributed by atoms with Crippen LogP contribution in [0.1, 0.15) is 34.1 Å². The maximum Gasteiger partial charge on any atom is 0.333 e. The van der Waals surface area contributed by atoms with Gasteiger partial charge in [0.05, 0.1) is 6.10 Å². The first-order valence-electron chi connectivity index (χ1n) is 4.32. The molecule has 0 aliphatic heterocycles. The summed E-state index contributed by atoms with van der Waals surface area (Å²) in [6.07, 6.45) is 0.660. The van der Waals surface area contributed by atoms with E-state index in [0.29, 0.717) is 17.9 Å². The predicted octanol–water partition coefficient (Wildman–Crippen LogP) is 2.54. The fourth-order valence-corrected chi connectivity index (χ4v) is 0.874. The summed E-state index contributed by atoms with van der Waals surface area (Å²) >= 11 is 0.